The summed E-state index contributed by atoms with van der Waals surface area (Å²) in [6.07, 6.45) is 5.27. The summed E-state index contributed by atoms with van der Waals surface area (Å²) in [4.78, 5) is 0. The normalized spacial score (nSPS) is 11.3. The second-order valence-corrected chi connectivity index (χ2v) is 7.11. The molecule has 1 heterocycles. The summed E-state index contributed by atoms with van der Waals surface area (Å²) < 4.78 is 1.81. The monoisotopic (exact) mass is 391 g/mol. The third-order valence-electron chi connectivity index (χ3n) is 4.42. The molecule has 0 fully saturated rings. The van der Waals surface area contributed by atoms with Crippen LogP contribution in [0.5, 0.6) is 5.75 Å². The van der Waals surface area contributed by atoms with Crippen molar-refractivity contribution in [2.75, 3.05) is 11.3 Å². The van der Waals surface area contributed by atoms with Crippen molar-refractivity contribution in [1.82, 2.24) is 14.9 Å². The highest BCUT2D eigenvalue weighted by atomic mass is 32.2. The van der Waals surface area contributed by atoms with Gasteiger partial charge in [0.25, 0.3) is 0 Å². The van der Waals surface area contributed by atoms with Gasteiger partial charge in [-0.2, -0.15) is 5.26 Å². The molecule has 7 heteroatoms. The smallest absolute Gasteiger partial charge is 0.139 e. The van der Waals surface area contributed by atoms with Gasteiger partial charge in [-0.05, 0) is 72.0 Å². The lowest BCUT2D eigenvalue weighted by atomic mass is 10.0. The minimum absolute atomic E-state index is 0.276. The Hall–Kier alpha value is -3.24. The Bertz CT molecular complexity index is 1040. The lowest BCUT2D eigenvalue weighted by Gasteiger charge is -2.26. The SMILES string of the molecule is CSC=C(C)c1cc(N(Cc2ccc(O)c(C)c2)n2cnnc2)ccc1C#N. The first-order valence-corrected chi connectivity index (χ1v) is 9.97. The largest absolute Gasteiger partial charge is 0.508 e. The van der Waals surface area contributed by atoms with Crippen molar-refractivity contribution in [1.29, 1.82) is 5.26 Å². The third-order valence-corrected chi connectivity index (χ3v) is 5.01. The maximum atomic E-state index is 9.81. The quantitative estimate of drug-likeness (QED) is 0.673. The highest BCUT2D eigenvalue weighted by Crippen LogP contribution is 2.28. The number of aryl methyl sites for hydroxylation is 1. The molecule has 0 bridgehead atoms. The molecule has 1 N–H and O–H groups in total. The molecule has 0 atom stereocenters. The highest BCUT2D eigenvalue weighted by molar-refractivity contribution is 8.01. The van der Waals surface area contributed by atoms with Crippen LogP contribution in [0.25, 0.3) is 5.57 Å². The third kappa shape index (κ3) is 4.18. The first kappa shape index (κ1) is 19.5. The van der Waals surface area contributed by atoms with E-state index in [0.29, 0.717) is 12.1 Å². The number of benzene rings is 2. The Morgan fingerprint density at radius 2 is 2.00 bits per heavy atom. The molecular formula is C21H21N5OS. The van der Waals surface area contributed by atoms with Crippen LogP contribution >= 0.6 is 11.8 Å². The fourth-order valence-electron chi connectivity index (χ4n) is 2.97. The van der Waals surface area contributed by atoms with E-state index in [2.05, 4.69) is 16.3 Å². The fraction of sp³-hybridized carbons (Fsp3) is 0.190. The van der Waals surface area contributed by atoms with Gasteiger partial charge < -0.3 is 5.11 Å². The molecule has 1 aromatic heterocycles. The lowest BCUT2D eigenvalue weighted by Crippen LogP contribution is -2.28. The molecule has 142 valence electrons. The maximum absolute atomic E-state index is 9.81. The zero-order valence-corrected chi connectivity index (χ0v) is 16.8. The lowest BCUT2D eigenvalue weighted by molar-refractivity contribution is 0.470. The van der Waals surface area contributed by atoms with Crippen molar-refractivity contribution >= 4 is 23.0 Å². The maximum Gasteiger partial charge on any atom is 0.139 e. The average molecular weight is 392 g/mol. The van der Waals surface area contributed by atoms with Gasteiger partial charge in [0.1, 0.15) is 18.4 Å². The van der Waals surface area contributed by atoms with Gasteiger partial charge in [0.2, 0.25) is 0 Å². The van der Waals surface area contributed by atoms with Crippen molar-refractivity contribution in [3.8, 4) is 11.8 Å². The van der Waals surface area contributed by atoms with Crippen LogP contribution in [0.15, 0.2) is 54.5 Å². The topological polar surface area (TPSA) is 78.0 Å². The zero-order valence-electron chi connectivity index (χ0n) is 16.0. The molecule has 0 saturated carbocycles. The van der Waals surface area contributed by atoms with Crippen LogP contribution in [-0.4, -0.2) is 26.2 Å². The Labute approximate surface area is 168 Å². The molecule has 2 aromatic carbocycles. The number of phenolic OH excluding ortho intramolecular Hbond substituents is 1. The first-order chi connectivity index (χ1) is 13.5. The van der Waals surface area contributed by atoms with Crippen molar-refractivity contribution in [3.63, 3.8) is 0 Å². The van der Waals surface area contributed by atoms with Gasteiger partial charge in [0.05, 0.1) is 23.9 Å². The van der Waals surface area contributed by atoms with Crippen molar-refractivity contribution < 1.29 is 5.11 Å². The molecule has 6 nitrogen and oxygen atoms in total. The van der Waals surface area contributed by atoms with Crippen molar-refractivity contribution in [2.24, 2.45) is 0 Å². The number of thioether (sulfide) groups is 1. The van der Waals surface area contributed by atoms with E-state index < -0.39 is 0 Å². The van der Waals surface area contributed by atoms with E-state index in [-0.39, 0.29) is 5.75 Å². The Morgan fingerprint density at radius 1 is 1.25 bits per heavy atom. The van der Waals surface area contributed by atoms with Gasteiger partial charge >= 0.3 is 0 Å². The van der Waals surface area contributed by atoms with E-state index in [4.69, 9.17) is 0 Å². The van der Waals surface area contributed by atoms with Gasteiger partial charge in [-0.15, -0.1) is 22.0 Å². The number of hydrogen-bond donors (Lipinski definition) is 1. The number of rotatable bonds is 6. The van der Waals surface area contributed by atoms with Gasteiger partial charge in [-0.3, -0.25) is 5.01 Å². The number of nitrogens with zero attached hydrogens (tertiary/aromatic N) is 5. The van der Waals surface area contributed by atoms with E-state index in [9.17, 15) is 10.4 Å². The number of aromatic nitrogens is 3. The summed E-state index contributed by atoms with van der Waals surface area (Å²) in [6.45, 7) is 4.43. The minimum Gasteiger partial charge on any atom is -0.508 e. The highest BCUT2D eigenvalue weighted by Gasteiger charge is 2.14. The molecule has 0 radical (unpaired) electrons. The average Bonchev–Trinajstić information content (AvgIpc) is 3.23. The number of aromatic hydroxyl groups is 1. The molecule has 0 aliphatic rings. The molecule has 28 heavy (non-hydrogen) atoms. The molecule has 0 aliphatic carbocycles. The van der Waals surface area contributed by atoms with Crippen LogP contribution in [-0.2, 0) is 6.54 Å². The molecule has 0 unspecified atom stereocenters. The molecule has 3 aromatic rings. The number of hydrogen-bond acceptors (Lipinski definition) is 6. The van der Waals surface area contributed by atoms with Crippen LogP contribution in [0.2, 0.25) is 0 Å². The van der Waals surface area contributed by atoms with Crippen LogP contribution in [0, 0.1) is 18.3 Å². The Balaban J connectivity index is 2.06. The van der Waals surface area contributed by atoms with Crippen molar-refractivity contribution in [2.45, 2.75) is 20.4 Å². The number of phenols is 1. The zero-order chi connectivity index (χ0) is 20.1. The second kappa shape index (κ2) is 8.63. The molecular weight excluding hydrogens is 370 g/mol. The van der Waals surface area contributed by atoms with E-state index in [1.165, 1.54) is 0 Å². The van der Waals surface area contributed by atoms with Gasteiger partial charge in [-0.1, -0.05) is 12.1 Å². The summed E-state index contributed by atoms with van der Waals surface area (Å²) in [5, 5.41) is 31.2. The molecule has 0 amide bonds. The van der Waals surface area contributed by atoms with E-state index in [1.54, 1.807) is 35.2 Å². The predicted octanol–water partition coefficient (Wildman–Crippen LogP) is 4.36. The van der Waals surface area contributed by atoms with Crippen LogP contribution < -0.4 is 5.01 Å². The fourth-order valence-corrected chi connectivity index (χ4v) is 3.45. The molecule has 0 spiro atoms. The summed E-state index contributed by atoms with van der Waals surface area (Å²) in [5.74, 6) is 0.276. The van der Waals surface area contributed by atoms with E-state index in [1.807, 2.05) is 60.9 Å². The van der Waals surface area contributed by atoms with Gasteiger partial charge in [-0.25, -0.2) is 4.68 Å². The molecule has 0 aliphatic heterocycles. The minimum atomic E-state index is 0.276. The summed E-state index contributed by atoms with van der Waals surface area (Å²) >= 11 is 1.61. The van der Waals surface area contributed by atoms with Gasteiger partial charge in [0.15, 0.2) is 0 Å². The number of anilines is 1. The predicted molar refractivity (Wildman–Crippen MR) is 113 cm³/mol. The molecule has 3 rings (SSSR count). The van der Waals surface area contributed by atoms with E-state index >= 15 is 0 Å². The molecule has 0 saturated heterocycles. The van der Waals surface area contributed by atoms with Crippen LogP contribution in [0.4, 0.5) is 5.69 Å². The standard InChI is InChI=1S/C21H21N5OS/c1-15-8-17(4-7-21(15)27)11-26(25-13-23-24-14-25)19-6-5-18(10-22)20(9-19)16(2)12-28-3/h4-9,12-14,27H,11H2,1-3H3. The second-order valence-electron chi connectivity index (χ2n) is 6.40. The van der Waals surface area contributed by atoms with Crippen LogP contribution in [0.1, 0.15) is 29.2 Å². The number of nitriles is 1. The van der Waals surface area contributed by atoms with Gasteiger partial charge in [0, 0.05) is 0 Å². The van der Waals surface area contributed by atoms with Crippen LogP contribution in [0.3, 0.4) is 0 Å². The summed E-state index contributed by atoms with van der Waals surface area (Å²) in [7, 11) is 0. The number of allylic oxidation sites excluding steroid dienone is 1. The van der Waals surface area contributed by atoms with E-state index in [0.717, 1.165) is 28.0 Å². The Kier molecular flexibility index (Phi) is 6.02. The Morgan fingerprint density at radius 3 is 2.64 bits per heavy atom. The van der Waals surface area contributed by atoms with Crippen molar-refractivity contribution in [3.05, 3.63) is 76.7 Å². The summed E-state index contributed by atoms with van der Waals surface area (Å²) in [6, 6.07) is 13.6. The first-order valence-electron chi connectivity index (χ1n) is 8.68. The summed E-state index contributed by atoms with van der Waals surface area (Å²) in [5.41, 5.74) is 5.33.